The molecule has 1 aliphatic rings. The summed E-state index contributed by atoms with van der Waals surface area (Å²) in [4.78, 5) is 0. The first kappa shape index (κ1) is 13.9. The molecule has 1 aromatic carbocycles. The van der Waals surface area contributed by atoms with E-state index in [1.54, 1.807) is 0 Å². The predicted molar refractivity (Wildman–Crippen MR) is 76.1 cm³/mol. The number of ether oxygens (including phenoxy) is 1. The van der Waals surface area contributed by atoms with E-state index in [0.29, 0.717) is 18.1 Å². The van der Waals surface area contributed by atoms with E-state index in [0.717, 1.165) is 31.0 Å². The summed E-state index contributed by atoms with van der Waals surface area (Å²) in [7, 11) is 0. The van der Waals surface area contributed by atoms with Gasteiger partial charge in [-0.2, -0.15) is 0 Å². The van der Waals surface area contributed by atoms with Gasteiger partial charge in [-0.05, 0) is 37.9 Å². The van der Waals surface area contributed by atoms with Crippen LogP contribution in [-0.2, 0) is 11.2 Å². The Balaban J connectivity index is 2.08. The van der Waals surface area contributed by atoms with Gasteiger partial charge < -0.3 is 10.1 Å². The molecule has 1 aromatic rings. The molecule has 2 nitrogen and oxygen atoms in total. The van der Waals surface area contributed by atoms with Crippen molar-refractivity contribution in [1.82, 2.24) is 5.32 Å². The van der Waals surface area contributed by atoms with Crippen LogP contribution in [0.4, 0.5) is 0 Å². The molecule has 1 heterocycles. The molecule has 3 atom stereocenters. The predicted octanol–water partition coefficient (Wildman–Crippen LogP) is 3.29. The average Bonchev–Trinajstić information content (AvgIpc) is 2.78. The van der Waals surface area contributed by atoms with E-state index in [1.165, 1.54) is 5.56 Å². The molecule has 18 heavy (non-hydrogen) atoms. The summed E-state index contributed by atoms with van der Waals surface area (Å²) in [6.45, 7) is 6.20. The van der Waals surface area contributed by atoms with Crippen LogP contribution in [0.25, 0.3) is 0 Å². The largest absolute Gasteiger partial charge is 0.378 e. The van der Waals surface area contributed by atoms with Crippen LogP contribution in [0.3, 0.4) is 0 Å². The Morgan fingerprint density at radius 3 is 2.83 bits per heavy atom. The van der Waals surface area contributed by atoms with Gasteiger partial charge in [-0.3, -0.25) is 0 Å². The molecule has 3 unspecified atom stereocenters. The molecule has 0 saturated carbocycles. The maximum Gasteiger partial charge on any atom is 0.0590 e. The summed E-state index contributed by atoms with van der Waals surface area (Å²) in [6, 6.07) is 8.57. The van der Waals surface area contributed by atoms with Gasteiger partial charge in [0.2, 0.25) is 0 Å². The minimum atomic E-state index is 0.344. The highest BCUT2D eigenvalue weighted by atomic mass is 35.5. The molecule has 1 aliphatic heterocycles. The van der Waals surface area contributed by atoms with Crippen molar-refractivity contribution in [2.75, 3.05) is 13.2 Å². The van der Waals surface area contributed by atoms with E-state index in [2.05, 4.69) is 31.3 Å². The van der Waals surface area contributed by atoms with Crippen molar-refractivity contribution in [2.24, 2.45) is 5.92 Å². The number of halogens is 1. The second kappa shape index (κ2) is 6.55. The van der Waals surface area contributed by atoms with Gasteiger partial charge in [0.1, 0.15) is 0 Å². The molecule has 2 rings (SSSR count). The minimum Gasteiger partial charge on any atom is -0.378 e. The lowest BCUT2D eigenvalue weighted by atomic mass is 9.89. The molecular weight excluding hydrogens is 246 g/mol. The SMILES string of the molecule is CCNC(Cc1ccccc1Cl)C1CCOC1C. The molecule has 0 bridgehead atoms. The van der Waals surface area contributed by atoms with E-state index in [1.807, 2.05) is 12.1 Å². The number of likely N-dealkylation sites (N-methyl/N-ethyl adjacent to an activating group) is 1. The lowest BCUT2D eigenvalue weighted by molar-refractivity contribution is 0.0956. The molecule has 0 aromatic heterocycles. The van der Waals surface area contributed by atoms with Gasteiger partial charge in [-0.15, -0.1) is 0 Å². The maximum atomic E-state index is 6.25. The van der Waals surface area contributed by atoms with Gasteiger partial charge in [0.05, 0.1) is 6.10 Å². The van der Waals surface area contributed by atoms with Crippen molar-refractivity contribution in [3.05, 3.63) is 34.9 Å². The highest BCUT2D eigenvalue weighted by Crippen LogP contribution is 2.27. The van der Waals surface area contributed by atoms with Crippen LogP contribution in [-0.4, -0.2) is 25.3 Å². The second-order valence-corrected chi connectivity index (χ2v) is 5.40. The quantitative estimate of drug-likeness (QED) is 0.884. The number of nitrogens with one attached hydrogen (secondary N) is 1. The zero-order valence-corrected chi connectivity index (χ0v) is 11.9. The first-order valence-electron chi connectivity index (χ1n) is 6.80. The van der Waals surface area contributed by atoms with Crippen molar-refractivity contribution in [2.45, 2.75) is 38.8 Å². The van der Waals surface area contributed by atoms with Gasteiger partial charge in [0.25, 0.3) is 0 Å². The Kier molecular flexibility index (Phi) is 5.04. The molecule has 1 saturated heterocycles. The van der Waals surface area contributed by atoms with Crippen LogP contribution in [0.15, 0.2) is 24.3 Å². The smallest absolute Gasteiger partial charge is 0.0590 e. The third-order valence-corrected chi connectivity index (χ3v) is 4.18. The maximum absolute atomic E-state index is 6.25. The van der Waals surface area contributed by atoms with E-state index in [9.17, 15) is 0 Å². The molecule has 0 aliphatic carbocycles. The van der Waals surface area contributed by atoms with Crippen LogP contribution in [0, 0.1) is 5.92 Å². The summed E-state index contributed by atoms with van der Waals surface area (Å²) in [5, 5.41) is 4.46. The van der Waals surface area contributed by atoms with Gasteiger partial charge in [0.15, 0.2) is 0 Å². The lowest BCUT2D eigenvalue weighted by Crippen LogP contribution is -2.40. The average molecular weight is 268 g/mol. The Bertz CT molecular complexity index is 383. The third-order valence-electron chi connectivity index (χ3n) is 3.82. The summed E-state index contributed by atoms with van der Waals surface area (Å²) in [5.74, 6) is 0.584. The highest BCUT2D eigenvalue weighted by Gasteiger charge is 2.31. The Morgan fingerprint density at radius 2 is 2.22 bits per heavy atom. The molecule has 1 fully saturated rings. The van der Waals surface area contributed by atoms with E-state index in [-0.39, 0.29) is 0 Å². The fourth-order valence-corrected chi connectivity index (χ4v) is 3.03. The van der Waals surface area contributed by atoms with Crippen LogP contribution < -0.4 is 5.32 Å². The van der Waals surface area contributed by atoms with Crippen molar-refractivity contribution in [1.29, 1.82) is 0 Å². The number of rotatable bonds is 5. The van der Waals surface area contributed by atoms with Crippen LogP contribution in [0.5, 0.6) is 0 Å². The summed E-state index contributed by atoms with van der Waals surface area (Å²) >= 11 is 6.25. The number of benzene rings is 1. The van der Waals surface area contributed by atoms with Gasteiger partial charge >= 0.3 is 0 Å². The summed E-state index contributed by atoms with van der Waals surface area (Å²) in [5.41, 5.74) is 1.23. The highest BCUT2D eigenvalue weighted by molar-refractivity contribution is 6.31. The van der Waals surface area contributed by atoms with Gasteiger partial charge in [-0.1, -0.05) is 36.7 Å². The molecule has 0 radical (unpaired) electrons. The van der Waals surface area contributed by atoms with Crippen molar-refractivity contribution >= 4 is 11.6 Å². The van der Waals surface area contributed by atoms with E-state index in [4.69, 9.17) is 16.3 Å². The van der Waals surface area contributed by atoms with Crippen molar-refractivity contribution in [3.63, 3.8) is 0 Å². The minimum absolute atomic E-state index is 0.344. The number of hydrogen-bond donors (Lipinski definition) is 1. The van der Waals surface area contributed by atoms with Crippen LogP contribution in [0.1, 0.15) is 25.8 Å². The molecule has 0 amide bonds. The van der Waals surface area contributed by atoms with Crippen molar-refractivity contribution < 1.29 is 4.74 Å². The Labute approximate surface area is 115 Å². The van der Waals surface area contributed by atoms with Crippen molar-refractivity contribution in [3.8, 4) is 0 Å². The van der Waals surface area contributed by atoms with E-state index >= 15 is 0 Å². The zero-order chi connectivity index (χ0) is 13.0. The third kappa shape index (κ3) is 3.25. The fraction of sp³-hybridized carbons (Fsp3) is 0.600. The van der Waals surface area contributed by atoms with Crippen LogP contribution in [0.2, 0.25) is 5.02 Å². The number of hydrogen-bond acceptors (Lipinski definition) is 2. The topological polar surface area (TPSA) is 21.3 Å². The molecule has 0 spiro atoms. The normalized spacial score (nSPS) is 25.3. The van der Waals surface area contributed by atoms with Gasteiger partial charge in [-0.25, -0.2) is 0 Å². The zero-order valence-electron chi connectivity index (χ0n) is 11.2. The fourth-order valence-electron chi connectivity index (χ4n) is 2.81. The first-order valence-corrected chi connectivity index (χ1v) is 7.18. The summed E-state index contributed by atoms with van der Waals surface area (Å²) < 4.78 is 5.69. The Hall–Kier alpha value is -0.570. The second-order valence-electron chi connectivity index (χ2n) is 4.99. The van der Waals surface area contributed by atoms with Gasteiger partial charge in [0, 0.05) is 23.6 Å². The molecule has 3 heteroatoms. The molecule has 1 N–H and O–H groups in total. The lowest BCUT2D eigenvalue weighted by Gasteiger charge is -2.27. The van der Waals surface area contributed by atoms with Crippen LogP contribution >= 0.6 is 11.6 Å². The van der Waals surface area contributed by atoms with E-state index < -0.39 is 0 Å². The summed E-state index contributed by atoms with van der Waals surface area (Å²) in [6.07, 6.45) is 2.46. The Morgan fingerprint density at radius 1 is 1.44 bits per heavy atom. The molecule has 100 valence electrons. The first-order chi connectivity index (χ1) is 8.72. The standard InChI is InChI=1S/C15H22ClNO/c1-3-17-15(13-8-9-18-11(13)2)10-12-6-4-5-7-14(12)16/h4-7,11,13,15,17H,3,8-10H2,1-2H3. The monoisotopic (exact) mass is 267 g/mol. The molecular formula is C15H22ClNO.